The summed E-state index contributed by atoms with van der Waals surface area (Å²) in [6.07, 6.45) is 13.5. The van der Waals surface area contributed by atoms with Gasteiger partial charge in [-0.3, -0.25) is 0 Å². The maximum absolute atomic E-state index is 6.06. The molecule has 0 saturated carbocycles. The van der Waals surface area contributed by atoms with Crippen molar-refractivity contribution in [2.24, 2.45) is 5.92 Å². The van der Waals surface area contributed by atoms with Gasteiger partial charge in [0.05, 0.1) is 12.8 Å². The van der Waals surface area contributed by atoms with Crippen LogP contribution in [-0.4, -0.2) is 13.7 Å². The van der Waals surface area contributed by atoms with Gasteiger partial charge in [-0.05, 0) is 87.8 Å². The van der Waals surface area contributed by atoms with Crippen molar-refractivity contribution < 1.29 is 4.74 Å². The van der Waals surface area contributed by atoms with Crippen molar-refractivity contribution in [2.45, 2.75) is 81.1 Å². The fraction of sp³-hybridized carbons (Fsp3) is 0.484. The van der Waals surface area contributed by atoms with Crippen LogP contribution in [0, 0.1) is 5.92 Å². The van der Waals surface area contributed by atoms with Crippen LogP contribution in [0.1, 0.15) is 86.6 Å². The first-order valence-corrected chi connectivity index (χ1v) is 12.6. The Hall–Kier alpha value is -2.68. The van der Waals surface area contributed by atoms with Crippen molar-refractivity contribution in [3.8, 4) is 5.75 Å². The Morgan fingerprint density at radius 1 is 1.15 bits per heavy atom. The van der Waals surface area contributed by atoms with Crippen LogP contribution in [0.3, 0.4) is 0 Å². The van der Waals surface area contributed by atoms with Crippen LogP contribution in [0.4, 0.5) is 5.69 Å². The lowest BCUT2D eigenvalue weighted by Gasteiger charge is -2.18. The highest BCUT2D eigenvalue weighted by Gasteiger charge is 2.12. The molecule has 1 aromatic rings. The number of nitrogen functional groups attached to an aromatic ring is 1. The second kappa shape index (κ2) is 17.8. The minimum Gasteiger partial charge on any atom is -0.495 e. The first-order valence-electron chi connectivity index (χ1n) is 12.6. The Morgan fingerprint density at radius 2 is 1.82 bits per heavy atom. The number of hydrogen-bond acceptors (Lipinski definition) is 3. The van der Waals surface area contributed by atoms with Gasteiger partial charge in [0, 0.05) is 12.2 Å². The van der Waals surface area contributed by atoms with Crippen molar-refractivity contribution in [1.82, 2.24) is 5.32 Å². The second-order valence-electron chi connectivity index (χ2n) is 8.95. The molecule has 0 radical (unpaired) electrons. The number of anilines is 1. The highest BCUT2D eigenvalue weighted by Crippen LogP contribution is 2.32. The third-order valence-corrected chi connectivity index (χ3v) is 6.08. The van der Waals surface area contributed by atoms with E-state index >= 15 is 0 Å². The van der Waals surface area contributed by atoms with Gasteiger partial charge in [-0.25, -0.2) is 0 Å². The summed E-state index contributed by atoms with van der Waals surface area (Å²) >= 11 is 0. The van der Waals surface area contributed by atoms with Gasteiger partial charge in [-0.2, -0.15) is 0 Å². The molecule has 0 amide bonds. The standard InChI is InChI=1S/C22H31NO.C9H19N/c1-8-16(4)20(11-9-10-15(2)3)18(6)17(5)19-12-13-22(24-7)21(23)14-19;1-4-6-7-8-10-9(3)5-2/h9-14,16H,2,8,23H2,1,3-7H3;5,10H,4,6-8H2,1-3H3/b10-9-,18-17-,20-11+;9-5+. The average Bonchev–Trinajstić information content (AvgIpc) is 2.83. The number of nitrogens with two attached hydrogens (primary N) is 1. The summed E-state index contributed by atoms with van der Waals surface area (Å²) in [7, 11) is 1.64. The Balaban J connectivity index is 0.000000916. The molecule has 34 heavy (non-hydrogen) atoms. The largest absolute Gasteiger partial charge is 0.495 e. The summed E-state index contributed by atoms with van der Waals surface area (Å²) in [5.74, 6) is 1.21. The molecule has 0 heterocycles. The molecule has 0 aliphatic heterocycles. The van der Waals surface area contributed by atoms with E-state index in [0.717, 1.165) is 24.1 Å². The Morgan fingerprint density at radius 3 is 2.32 bits per heavy atom. The molecule has 0 aromatic heterocycles. The molecular weight excluding hydrogens is 416 g/mol. The van der Waals surface area contributed by atoms with E-state index in [9.17, 15) is 0 Å². The SMILES string of the molecule is C/C=C(\C)NCCCCC.C=C(C)\C=C/C=C(/C(C)=C(/C)c1ccc(OC)c(N)c1)C(C)CC. The molecule has 0 spiro atoms. The third kappa shape index (κ3) is 12.0. The molecule has 3 N–H and O–H groups in total. The lowest BCUT2D eigenvalue weighted by atomic mass is 9.87. The van der Waals surface area contributed by atoms with Crippen molar-refractivity contribution in [3.63, 3.8) is 0 Å². The summed E-state index contributed by atoms with van der Waals surface area (Å²) in [6, 6.07) is 5.97. The van der Waals surface area contributed by atoms with Crippen molar-refractivity contribution in [1.29, 1.82) is 0 Å². The molecule has 1 aromatic carbocycles. The van der Waals surface area contributed by atoms with E-state index in [1.54, 1.807) is 7.11 Å². The maximum atomic E-state index is 6.06. The fourth-order valence-corrected chi connectivity index (χ4v) is 3.36. The topological polar surface area (TPSA) is 47.3 Å². The van der Waals surface area contributed by atoms with E-state index in [0.29, 0.717) is 17.4 Å². The normalized spacial score (nSPS) is 13.7. The summed E-state index contributed by atoms with van der Waals surface area (Å²) in [5.41, 5.74) is 14.1. The zero-order valence-electron chi connectivity index (χ0n) is 23.3. The van der Waals surface area contributed by atoms with Crippen molar-refractivity contribution in [2.75, 3.05) is 19.4 Å². The van der Waals surface area contributed by atoms with Gasteiger partial charge in [-0.15, -0.1) is 0 Å². The average molecular weight is 467 g/mol. The quantitative estimate of drug-likeness (QED) is 0.184. The van der Waals surface area contributed by atoms with E-state index in [1.807, 2.05) is 25.1 Å². The first kappa shape index (κ1) is 31.3. The molecule has 0 aliphatic carbocycles. The smallest absolute Gasteiger partial charge is 0.141 e. The van der Waals surface area contributed by atoms with Gasteiger partial charge in [0.15, 0.2) is 0 Å². The fourth-order valence-electron chi connectivity index (χ4n) is 3.36. The zero-order chi connectivity index (χ0) is 26.1. The van der Waals surface area contributed by atoms with Crippen LogP contribution < -0.4 is 15.8 Å². The Labute approximate surface area is 210 Å². The summed E-state index contributed by atoms with van der Waals surface area (Å²) < 4.78 is 5.25. The molecule has 3 nitrogen and oxygen atoms in total. The summed E-state index contributed by atoms with van der Waals surface area (Å²) in [4.78, 5) is 0. The molecule has 3 heteroatoms. The number of hydrogen-bond donors (Lipinski definition) is 2. The lowest BCUT2D eigenvalue weighted by molar-refractivity contribution is 0.417. The van der Waals surface area contributed by atoms with Crippen LogP contribution in [-0.2, 0) is 0 Å². The first-order chi connectivity index (χ1) is 16.1. The van der Waals surface area contributed by atoms with Gasteiger partial charge < -0.3 is 15.8 Å². The van der Waals surface area contributed by atoms with Gasteiger partial charge in [-0.1, -0.05) is 76.1 Å². The number of methoxy groups -OCH3 is 1. The van der Waals surface area contributed by atoms with E-state index in [1.165, 1.54) is 41.7 Å². The predicted octanol–water partition coefficient (Wildman–Crippen LogP) is 8.87. The van der Waals surface area contributed by atoms with Crippen LogP contribution in [0.15, 0.2) is 71.5 Å². The van der Waals surface area contributed by atoms with Crippen molar-refractivity contribution in [3.05, 3.63) is 77.1 Å². The van der Waals surface area contributed by atoms with Crippen LogP contribution >= 0.6 is 0 Å². The Bertz CT molecular complexity index is 871. The summed E-state index contributed by atoms with van der Waals surface area (Å²) in [6.45, 7) is 22.2. The van der Waals surface area contributed by atoms with E-state index in [4.69, 9.17) is 10.5 Å². The minimum atomic E-state index is 0.491. The maximum Gasteiger partial charge on any atom is 0.141 e. The molecule has 0 bridgehead atoms. The minimum absolute atomic E-state index is 0.491. The highest BCUT2D eigenvalue weighted by molar-refractivity contribution is 5.74. The van der Waals surface area contributed by atoms with E-state index < -0.39 is 0 Å². The summed E-state index contributed by atoms with van der Waals surface area (Å²) in [5, 5.41) is 3.33. The molecule has 0 saturated heterocycles. The van der Waals surface area contributed by atoms with E-state index in [-0.39, 0.29) is 0 Å². The van der Waals surface area contributed by atoms with Gasteiger partial charge in [0.2, 0.25) is 0 Å². The van der Waals surface area contributed by atoms with Gasteiger partial charge in [0.25, 0.3) is 0 Å². The van der Waals surface area contributed by atoms with Crippen LogP contribution in [0.5, 0.6) is 5.75 Å². The number of benzene rings is 1. The molecular formula is C31H50N2O. The number of allylic oxidation sites excluding steroid dienone is 9. The number of rotatable bonds is 12. The third-order valence-electron chi connectivity index (χ3n) is 6.08. The van der Waals surface area contributed by atoms with Gasteiger partial charge >= 0.3 is 0 Å². The number of nitrogens with one attached hydrogen (secondary N) is 1. The van der Waals surface area contributed by atoms with Crippen LogP contribution in [0.2, 0.25) is 0 Å². The molecule has 0 fully saturated rings. The van der Waals surface area contributed by atoms with E-state index in [2.05, 4.69) is 84.7 Å². The zero-order valence-corrected chi connectivity index (χ0v) is 23.3. The number of ether oxygens (including phenoxy) is 1. The molecule has 1 rings (SSSR count). The second-order valence-corrected chi connectivity index (χ2v) is 8.95. The predicted molar refractivity (Wildman–Crippen MR) is 154 cm³/mol. The van der Waals surface area contributed by atoms with Crippen molar-refractivity contribution >= 4 is 11.3 Å². The lowest BCUT2D eigenvalue weighted by Crippen LogP contribution is -2.11. The Kier molecular flexibility index (Phi) is 16.4. The molecule has 1 unspecified atom stereocenters. The number of unbranched alkanes of at least 4 members (excludes halogenated alkanes) is 2. The van der Waals surface area contributed by atoms with Crippen LogP contribution in [0.25, 0.3) is 5.57 Å². The molecule has 190 valence electrons. The highest BCUT2D eigenvalue weighted by atomic mass is 16.5. The van der Waals surface area contributed by atoms with Gasteiger partial charge in [0.1, 0.15) is 5.75 Å². The molecule has 1 atom stereocenters. The molecule has 0 aliphatic rings. The monoisotopic (exact) mass is 466 g/mol.